The fourth-order valence-electron chi connectivity index (χ4n) is 2.16. The summed E-state index contributed by atoms with van der Waals surface area (Å²) in [5.41, 5.74) is 0.727. The van der Waals surface area contributed by atoms with Crippen molar-refractivity contribution in [2.75, 3.05) is 5.32 Å². The van der Waals surface area contributed by atoms with Crippen LogP contribution in [-0.2, 0) is 4.79 Å². The molecule has 0 saturated carbocycles. The first kappa shape index (κ1) is 20.1. The molecule has 0 aliphatic heterocycles. The van der Waals surface area contributed by atoms with Gasteiger partial charge in [0.15, 0.2) is 10.9 Å². The van der Waals surface area contributed by atoms with E-state index in [1.165, 1.54) is 24.4 Å². The third-order valence-corrected chi connectivity index (χ3v) is 5.41. The highest BCUT2D eigenvalue weighted by Gasteiger charge is 2.15. The lowest BCUT2D eigenvalue weighted by atomic mass is 10.1. The number of carbonyl (C=O) groups excluding carboxylic acids is 1. The molecule has 140 valence electrons. The molecule has 0 fully saturated rings. The van der Waals surface area contributed by atoms with E-state index in [0.29, 0.717) is 14.5 Å². The molecule has 3 rings (SSSR count). The lowest BCUT2D eigenvalue weighted by molar-refractivity contribution is -0.112. The van der Waals surface area contributed by atoms with E-state index < -0.39 is 11.7 Å². The summed E-state index contributed by atoms with van der Waals surface area (Å²) >= 11 is 7.47. The molecule has 10 heteroatoms. The average Bonchev–Trinajstić information content (AvgIpc) is 3.12. The molecule has 2 N–H and O–H groups in total. The molecule has 1 aromatic carbocycles. The van der Waals surface area contributed by atoms with Gasteiger partial charge in [-0.25, -0.2) is 9.37 Å². The number of hydrogen-bond acceptors (Lipinski definition) is 6. The van der Waals surface area contributed by atoms with Gasteiger partial charge in [-0.15, -0.1) is 11.3 Å². The van der Waals surface area contributed by atoms with Gasteiger partial charge < -0.3 is 5.11 Å². The van der Waals surface area contributed by atoms with Crippen LogP contribution in [0.5, 0.6) is 5.75 Å². The highest BCUT2D eigenvalue weighted by atomic mass is 79.9. The molecule has 2 heterocycles. The monoisotopic (exact) mass is 522 g/mol. The third kappa shape index (κ3) is 4.44. The summed E-state index contributed by atoms with van der Waals surface area (Å²) in [4.78, 5) is 20.5. The Labute approximate surface area is 179 Å². The van der Waals surface area contributed by atoms with Crippen LogP contribution >= 0.6 is 43.2 Å². The minimum absolute atomic E-state index is 0.0113. The predicted molar refractivity (Wildman–Crippen MR) is 111 cm³/mol. The van der Waals surface area contributed by atoms with Crippen LogP contribution in [0.1, 0.15) is 5.56 Å². The molecule has 0 spiro atoms. The number of phenolic OH excluding ortho intramolecular Hbond substituents is 1. The van der Waals surface area contributed by atoms with Crippen molar-refractivity contribution in [3.8, 4) is 23.2 Å². The van der Waals surface area contributed by atoms with Crippen molar-refractivity contribution in [1.29, 1.82) is 5.26 Å². The Hall–Kier alpha value is -2.61. The van der Waals surface area contributed by atoms with E-state index in [0.717, 1.165) is 11.3 Å². The Morgan fingerprint density at radius 3 is 2.71 bits per heavy atom. The van der Waals surface area contributed by atoms with Crippen LogP contribution in [-0.4, -0.2) is 21.0 Å². The van der Waals surface area contributed by atoms with E-state index in [-0.39, 0.29) is 27.8 Å². The van der Waals surface area contributed by atoms with Crippen LogP contribution in [0.2, 0.25) is 0 Å². The standard InChI is InChI=1S/C18H9Br2FN4O2S/c19-11-5-9(6-12(20)16(11)26)4-10(7-22)17(27)25-18-24-14(8-28-18)15-13(21)2-1-3-23-15/h1-6,8,26H,(H,24,25,27)/b10-4+. The maximum absolute atomic E-state index is 13.8. The second-order valence-corrected chi connectivity index (χ2v) is 7.90. The zero-order chi connectivity index (χ0) is 20.3. The molecule has 0 bridgehead atoms. The zero-order valence-electron chi connectivity index (χ0n) is 13.8. The minimum Gasteiger partial charge on any atom is -0.506 e. The summed E-state index contributed by atoms with van der Waals surface area (Å²) in [6.45, 7) is 0. The molecule has 0 aliphatic carbocycles. The van der Waals surface area contributed by atoms with Crippen molar-refractivity contribution in [2.45, 2.75) is 0 Å². The van der Waals surface area contributed by atoms with E-state index in [1.54, 1.807) is 17.5 Å². The smallest absolute Gasteiger partial charge is 0.268 e. The lowest BCUT2D eigenvalue weighted by Gasteiger charge is -2.04. The predicted octanol–water partition coefficient (Wildman–Crippen LogP) is 5.12. The number of amides is 1. The van der Waals surface area contributed by atoms with E-state index in [1.807, 2.05) is 6.07 Å². The van der Waals surface area contributed by atoms with Crippen molar-refractivity contribution in [3.63, 3.8) is 0 Å². The highest BCUT2D eigenvalue weighted by Crippen LogP contribution is 2.34. The van der Waals surface area contributed by atoms with Gasteiger partial charge in [-0.3, -0.25) is 15.1 Å². The van der Waals surface area contributed by atoms with Gasteiger partial charge in [-0.1, -0.05) is 0 Å². The van der Waals surface area contributed by atoms with Crippen LogP contribution in [0.25, 0.3) is 17.5 Å². The van der Waals surface area contributed by atoms with Crippen molar-refractivity contribution in [3.05, 3.63) is 61.7 Å². The van der Waals surface area contributed by atoms with Gasteiger partial charge in [0.2, 0.25) is 0 Å². The molecule has 0 unspecified atom stereocenters. The number of anilines is 1. The van der Waals surface area contributed by atoms with Crippen molar-refractivity contribution in [1.82, 2.24) is 9.97 Å². The van der Waals surface area contributed by atoms with Crippen LogP contribution in [0.15, 0.2) is 50.4 Å². The number of nitrogens with one attached hydrogen (secondary N) is 1. The first-order chi connectivity index (χ1) is 13.4. The first-order valence-electron chi connectivity index (χ1n) is 7.56. The Balaban J connectivity index is 1.82. The van der Waals surface area contributed by atoms with Gasteiger partial charge in [-0.2, -0.15) is 5.26 Å². The third-order valence-electron chi connectivity index (χ3n) is 3.44. The number of rotatable bonds is 4. The molecule has 2 aromatic heterocycles. The van der Waals surface area contributed by atoms with Gasteiger partial charge in [-0.05, 0) is 67.8 Å². The van der Waals surface area contributed by atoms with Gasteiger partial charge in [0.25, 0.3) is 5.91 Å². The van der Waals surface area contributed by atoms with Gasteiger partial charge in [0, 0.05) is 11.6 Å². The van der Waals surface area contributed by atoms with Crippen LogP contribution < -0.4 is 5.32 Å². The van der Waals surface area contributed by atoms with E-state index in [2.05, 4.69) is 47.1 Å². The molecule has 6 nitrogen and oxygen atoms in total. The summed E-state index contributed by atoms with van der Waals surface area (Å²) in [6.07, 6.45) is 2.82. The quantitative estimate of drug-likeness (QED) is 0.365. The lowest BCUT2D eigenvalue weighted by Crippen LogP contribution is -2.13. The fraction of sp³-hybridized carbons (Fsp3) is 0. The van der Waals surface area contributed by atoms with Gasteiger partial charge in [0.1, 0.15) is 28.8 Å². The van der Waals surface area contributed by atoms with E-state index in [4.69, 9.17) is 0 Å². The minimum atomic E-state index is -0.662. The van der Waals surface area contributed by atoms with E-state index >= 15 is 0 Å². The summed E-state index contributed by atoms with van der Waals surface area (Å²) in [5, 5.41) is 23.4. The largest absolute Gasteiger partial charge is 0.506 e. The fourth-order valence-corrected chi connectivity index (χ4v) is 4.07. The molecule has 28 heavy (non-hydrogen) atoms. The summed E-state index contributed by atoms with van der Waals surface area (Å²) in [6, 6.07) is 7.70. The molecular weight excluding hydrogens is 515 g/mol. The first-order valence-corrected chi connectivity index (χ1v) is 10.0. The van der Waals surface area contributed by atoms with Crippen LogP contribution in [0.4, 0.5) is 9.52 Å². The number of phenols is 1. The number of halogens is 3. The number of carbonyl (C=O) groups is 1. The van der Waals surface area contributed by atoms with Crippen molar-refractivity contribution >= 4 is 60.3 Å². The molecule has 0 saturated heterocycles. The van der Waals surface area contributed by atoms with E-state index in [9.17, 15) is 19.6 Å². The average molecular weight is 524 g/mol. The highest BCUT2D eigenvalue weighted by molar-refractivity contribution is 9.11. The molecule has 0 radical (unpaired) electrons. The Bertz CT molecular complexity index is 1120. The topological polar surface area (TPSA) is 98.9 Å². The maximum atomic E-state index is 13.8. The second kappa shape index (κ2) is 8.60. The molecule has 0 aliphatic rings. The molecule has 3 aromatic rings. The van der Waals surface area contributed by atoms with Crippen LogP contribution in [0, 0.1) is 17.1 Å². The van der Waals surface area contributed by atoms with Gasteiger partial charge in [0.05, 0.1) is 8.95 Å². The van der Waals surface area contributed by atoms with Crippen molar-refractivity contribution in [2.24, 2.45) is 0 Å². The second-order valence-electron chi connectivity index (χ2n) is 5.33. The number of aromatic hydroxyl groups is 1. The number of thiazole rings is 1. The van der Waals surface area contributed by atoms with Gasteiger partial charge >= 0.3 is 0 Å². The zero-order valence-corrected chi connectivity index (χ0v) is 17.8. The Morgan fingerprint density at radius 2 is 2.07 bits per heavy atom. The number of aromatic nitrogens is 2. The maximum Gasteiger partial charge on any atom is 0.268 e. The summed E-state index contributed by atoms with van der Waals surface area (Å²) in [7, 11) is 0. The number of nitrogens with zero attached hydrogens (tertiary/aromatic N) is 3. The number of pyridine rings is 1. The molecule has 0 atom stereocenters. The number of benzene rings is 1. The number of nitriles is 1. The Kier molecular flexibility index (Phi) is 6.18. The number of hydrogen-bond donors (Lipinski definition) is 2. The normalized spacial score (nSPS) is 11.1. The molecule has 1 amide bonds. The SMILES string of the molecule is N#C/C(=C\c1cc(Br)c(O)c(Br)c1)C(=O)Nc1nc(-c2ncccc2F)cs1. The summed E-state index contributed by atoms with van der Waals surface area (Å²) < 4.78 is 14.6. The van der Waals surface area contributed by atoms with Crippen LogP contribution in [0.3, 0.4) is 0 Å². The molecular formula is C18H9Br2FN4O2S. The summed E-state index contributed by atoms with van der Waals surface area (Å²) in [5.74, 6) is -1.17. The Morgan fingerprint density at radius 1 is 1.36 bits per heavy atom. The van der Waals surface area contributed by atoms with Crippen molar-refractivity contribution < 1.29 is 14.3 Å².